The van der Waals surface area contributed by atoms with Crippen LogP contribution < -0.4 is 15.4 Å². The number of hydrogen-bond donors (Lipinski definition) is 2. The Morgan fingerprint density at radius 3 is 2.46 bits per heavy atom. The maximum atomic E-state index is 11.9. The van der Waals surface area contributed by atoms with Crippen molar-refractivity contribution in [2.45, 2.75) is 33.6 Å². The largest absolute Gasteiger partial charge is 0.492 e. The van der Waals surface area contributed by atoms with Gasteiger partial charge in [0.25, 0.3) is 0 Å². The number of amides is 2. The van der Waals surface area contributed by atoms with Crippen LogP contribution in [0.3, 0.4) is 0 Å². The number of hydrogen-bond acceptors (Lipinski definition) is 2. The van der Waals surface area contributed by atoms with Gasteiger partial charge in [-0.1, -0.05) is 32.0 Å². The van der Waals surface area contributed by atoms with Crippen molar-refractivity contribution in [3.63, 3.8) is 0 Å². The molecule has 24 heavy (non-hydrogen) atoms. The van der Waals surface area contributed by atoms with Crippen LogP contribution in [0, 0.1) is 13.8 Å². The van der Waals surface area contributed by atoms with E-state index >= 15 is 0 Å². The number of ether oxygens (including phenoxy) is 1. The fourth-order valence-electron chi connectivity index (χ4n) is 2.52. The van der Waals surface area contributed by atoms with Gasteiger partial charge in [0, 0.05) is 5.69 Å². The van der Waals surface area contributed by atoms with Crippen LogP contribution in [0.2, 0.25) is 0 Å². The van der Waals surface area contributed by atoms with E-state index in [1.165, 1.54) is 5.56 Å². The Kier molecular flexibility index (Phi) is 6.24. The molecule has 0 saturated carbocycles. The summed E-state index contributed by atoms with van der Waals surface area (Å²) in [6.07, 6.45) is 0. The van der Waals surface area contributed by atoms with Gasteiger partial charge in [-0.15, -0.1) is 0 Å². The van der Waals surface area contributed by atoms with Crippen molar-refractivity contribution in [2.24, 2.45) is 0 Å². The summed E-state index contributed by atoms with van der Waals surface area (Å²) in [7, 11) is 0. The zero-order valence-corrected chi connectivity index (χ0v) is 14.8. The third-order valence-corrected chi connectivity index (χ3v) is 3.66. The second-order valence-electron chi connectivity index (χ2n) is 6.33. The first-order chi connectivity index (χ1) is 11.4. The minimum atomic E-state index is -0.223. The van der Waals surface area contributed by atoms with E-state index in [1.807, 2.05) is 44.2 Å². The van der Waals surface area contributed by atoms with Crippen LogP contribution in [0.5, 0.6) is 5.75 Å². The van der Waals surface area contributed by atoms with Crippen molar-refractivity contribution in [2.75, 3.05) is 18.5 Å². The quantitative estimate of drug-likeness (QED) is 0.761. The first-order valence-corrected chi connectivity index (χ1v) is 8.30. The first-order valence-electron chi connectivity index (χ1n) is 8.30. The molecule has 2 N–H and O–H groups in total. The maximum absolute atomic E-state index is 11.9. The standard InChI is InChI=1S/C20H26N2O2/c1-14(2)17-6-5-7-19(13-17)24-9-8-21-20(23)22-18-11-15(3)10-16(4)12-18/h5-7,10-14H,8-9H2,1-4H3,(H2,21,22,23). The van der Waals surface area contributed by atoms with Crippen molar-refractivity contribution in [1.29, 1.82) is 0 Å². The van der Waals surface area contributed by atoms with Crippen molar-refractivity contribution >= 4 is 11.7 Å². The van der Waals surface area contributed by atoms with Crippen LogP contribution >= 0.6 is 0 Å². The van der Waals surface area contributed by atoms with Gasteiger partial charge in [-0.05, 0) is 60.7 Å². The Morgan fingerprint density at radius 1 is 1.08 bits per heavy atom. The van der Waals surface area contributed by atoms with E-state index in [1.54, 1.807) is 0 Å². The summed E-state index contributed by atoms with van der Waals surface area (Å²) >= 11 is 0. The molecule has 0 atom stereocenters. The molecule has 0 aliphatic carbocycles. The lowest BCUT2D eigenvalue weighted by Gasteiger charge is -2.11. The number of carbonyl (C=O) groups excluding carboxylic acids is 1. The molecule has 0 radical (unpaired) electrons. The number of benzene rings is 2. The Bertz CT molecular complexity index is 676. The van der Waals surface area contributed by atoms with E-state index in [0.29, 0.717) is 19.1 Å². The van der Waals surface area contributed by atoms with Crippen molar-refractivity contribution in [1.82, 2.24) is 5.32 Å². The molecule has 0 aliphatic heterocycles. The van der Waals surface area contributed by atoms with Crippen LogP contribution in [-0.4, -0.2) is 19.2 Å². The third-order valence-electron chi connectivity index (χ3n) is 3.66. The van der Waals surface area contributed by atoms with Gasteiger partial charge < -0.3 is 15.4 Å². The normalized spacial score (nSPS) is 10.5. The summed E-state index contributed by atoms with van der Waals surface area (Å²) in [5.74, 6) is 1.30. The van der Waals surface area contributed by atoms with Crippen molar-refractivity contribution in [3.8, 4) is 5.75 Å². The molecule has 2 amide bonds. The van der Waals surface area contributed by atoms with Gasteiger partial charge >= 0.3 is 6.03 Å². The second-order valence-corrected chi connectivity index (χ2v) is 6.33. The molecule has 128 valence electrons. The monoisotopic (exact) mass is 326 g/mol. The molecule has 0 saturated heterocycles. The van der Waals surface area contributed by atoms with Crippen LogP contribution in [0.15, 0.2) is 42.5 Å². The highest BCUT2D eigenvalue weighted by Gasteiger charge is 2.04. The molecule has 0 aliphatic rings. The van der Waals surface area contributed by atoms with Crippen LogP contribution in [0.4, 0.5) is 10.5 Å². The van der Waals surface area contributed by atoms with Crippen LogP contribution in [0.1, 0.15) is 36.5 Å². The lowest BCUT2D eigenvalue weighted by atomic mass is 10.0. The number of nitrogens with one attached hydrogen (secondary N) is 2. The van der Waals surface area contributed by atoms with Crippen LogP contribution in [0.25, 0.3) is 0 Å². The number of rotatable bonds is 6. The van der Waals surface area contributed by atoms with E-state index < -0.39 is 0 Å². The Balaban J connectivity index is 1.75. The maximum Gasteiger partial charge on any atom is 0.319 e. The average molecular weight is 326 g/mol. The van der Waals surface area contributed by atoms with Gasteiger partial charge in [0.15, 0.2) is 0 Å². The predicted molar refractivity (Wildman–Crippen MR) is 99.0 cm³/mol. The van der Waals surface area contributed by atoms with E-state index in [4.69, 9.17) is 4.74 Å². The zero-order chi connectivity index (χ0) is 17.5. The molecule has 2 rings (SSSR count). The average Bonchev–Trinajstić information content (AvgIpc) is 2.51. The van der Waals surface area contributed by atoms with E-state index in [0.717, 1.165) is 22.6 Å². The number of urea groups is 1. The molecule has 0 aromatic heterocycles. The minimum absolute atomic E-state index is 0.223. The summed E-state index contributed by atoms with van der Waals surface area (Å²) in [5, 5.41) is 5.64. The molecule has 2 aromatic carbocycles. The Hall–Kier alpha value is -2.49. The minimum Gasteiger partial charge on any atom is -0.492 e. The molecular formula is C20H26N2O2. The summed E-state index contributed by atoms with van der Waals surface area (Å²) in [6.45, 7) is 9.20. The van der Waals surface area contributed by atoms with Gasteiger partial charge in [0.05, 0.1) is 6.54 Å². The molecule has 2 aromatic rings. The van der Waals surface area contributed by atoms with E-state index in [-0.39, 0.29) is 6.03 Å². The van der Waals surface area contributed by atoms with Gasteiger partial charge in [-0.25, -0.2) is 4.79 Å². The molecule has 0 unspecified atom stereocenters. The highest BCUT2D eigenvalue weighted by molar-refractivity contribution is 5.89. The molecular weight excluding hydrogens is 300 g/mol. The second kappa shape index (κ2) is 8.39. The van der Waals surface area contributed by atoms with Gasteiger partial charge in [-0.2, -0.15) is 0 Å². The third kappa shape index (κ3) is 5.61. The number of aryl methyl sites for hydroxylation is 2. The lowest BCUT2D eigenvalue weighted by molar-refractivity contribution is 0.247. The summed E-state index contributed by atoms with van der Waals surface area (Å²) in [4.78, 5) is 11.9. The molecule has 4 heteroatoms. The molecule has 0 spiro atoms. The predicted octanol–water partition coefficient (Wildman–Crippen LogP) is 4.63. The first kappa shape index (κ1) is 17.9. The lowest BCUT2D eigenvalue weighted by Crippen LogP contribution is -2.32. The molecule has 0 heterocycles. The van der Waals surface area contributed by atoms with E-state index in [9.17, 15) is 4.79 Å². The van der Waals surface area contributed by atoms with Crippen molar-refractivity contribution in [3.05, 3.63) is 59.2 Å². The van der Waals surface area contributed by atoms with Gasteiger partial charge in [0.1, 0.15) is 12.4 Å². The fourth-order valence-corrected chi connectivity index (χ4v) is 2.52. The van der Waals surface area contributed by atoms with Gasteiger partial charge in [0.2, 0.25) is 0 Å². The summed E-state index contributed by atoms with van der Waals surface area (Å²) in [5.41, 5.74) is 4.29. The number of anilines is 1. The highest BCUT2D eigenvalue weighted by Crippen LogP contribution is 2.19. The zero-order valence-electron chi connectivity index (χ0n) is 14.8. The van der Waals surface area contributed by atoms with Gasteiger partial charge in [-0.3, -0.25) is 0 Å². The summed E-state index contributed by atoms with van der Waals surface area (Å²) < 4.78 is 5.69. The Morgan fingerprint density at radius 2 is 1.79 bits per heavy atom. The topological polar surface area (TPSA) is 50.4 Å². The molecule has 0 fully saturated rings. The Labute approximate surface area is 144 Å². The van der Waals surface area contributed by atoms with Crippen molar-refractivity contribution < 1.29 is 9.53 Å². The smallest absolute Gasteiger partial charge is 0.319 e. The van der Waals surface area contributed by atoms with E-state index in [2.05, 4.69) is 36.6 Å². The summed E-state index contributed by atoms with van der Waals surface area (Å²) in [6, 6.07) is 13.8. The van der Waals surface area contributed by atoms with Crippen LogP contribution in [-0.2, 0) is 0 Å². The molecule has 4 nitrogen and oxygen atoms in total. The highest BCUT2D eigenvalue weighted by atomic mass is 16.5. The fraction of sp³-hybridized carbons (Fsp3) is 0.350. The molecule has 0 bridgehead atoms. The number of carbonyl (C=O) groups is 1. The SMILES string of the molecule is Cc1cc(C)cc(NC(=O)NCCOc2cccc(C(C)C)c2)c1.